The third-order valence-corrected chi connectivity index (χ3v) is 3.08. The van der Waals surface area contributed by atoms with Gasteiger partial charge < -0.3 is 10.6 Å². The van der Waals surface area contributed by atoms with Gasteiger partial charge >= 0.3 is 0 Å². The van der Waals surface area contributed by atoms with Crippen molar-refractivity contribution in [1.82, 2.24) is 15.6 Å². The zero-order valence-electron chi connectivity index (χ0n) is 11.4. The van der Waals surface area contributed by atoms with Gasteiger partial charge in [0.25, 0.3) is 0 Å². The Morgan fingerprint density at radius 3 is 2.63 bits per heavy atom. The SMILES string of the molecule is Cc1nc(/C=C/C(=O)NCCNC(=O)C(C)C)cs1. The van der Waals surface area contributed by atoms with Gasteiger partial charge in [0, 0.05) is 30.5 Å². The molecule has 0 aliphatic rings. The summed E-state index contributed by atoms with van der Waals surface area (Å²) in [7, 11) is 0. The van der Waals surface area contributed by atoms with E-state index in [0.717, 1.165) is 10.7 Å². The molecule has 0 spiro atoms. The Labute approximate surface area is 117 Å². The maximum absolute atomic E-state index is 11.5. The van der Waals surface area contributed by atoms with Gasteiger partial charge in [0.2, 0.25) is 11.8 Å². The predicted octanol–water partition coefficient (Wildman–Crippen LogP) is 1.35. The number of aryl methyl sites for hydroxylation is 1. The van der Waals surface area contributed by atoms with Crippen molar-refractivity contribution in [3.63, 3.8) is 0 Å². The van der Waals surface area contributed by atoms with E-state index >= 15 is 0 Å². The van der Waals surface area contributed by atoms with Crippen molar-refractivity contribution >= 4 is 29.2 Å². The molecular weight excluding hydrogens is 262 g/mol. The molecule has 0 fully saturated rings. The molecule has 1 heterocycles. The van der Waals surface area contributed by atoms with Crippen molar-refractivity contribution in [3.05, 3.63) is 22.2 Å². The number of nitrogens with zero attached hydrogens (tertiary/aromatic N) is 1. The van der Waals surface area contributed by atoms with Gasteiger partial charge in [-0.1, -0.05) is 13.8 Å². The minimum Gasteiger partial charge on any atom is -0.354 e. The summed E-state index contributed by atoms with van der Waals surface area (Å²) in [5.74, 6) is -0.240. The fourth-order valence-corrected chi connectivity index (χ4v) is 1.83. The molecule has 104 valence electrons. The lowest BCUT2D eigenvalue weighted by Gasteiger charge is -2.07. The number of carbonyl (C=O) groups excluding carboxylic acids is 2. The Balaban J connectivity index is 2.21. The number of hydrogen-bond donors (Lipinski definition) is 2. The van der Waals surface area contributed by atoms with E-state index in [1.165, 1.54) is 6.08 Å². The number of carbonyl (C=O) groups is 2. The first-order valence-corrected chi connectivity index (χ1v) is 7.02. The molecule has 2 amide bonds. The largest absolute Gasteiger partial charge is 0.354 e. The van der Waals surface area contributed by atoms with Crippen LogP contribution in [0.2, 0.25) is 0 Å². The van der Waals surface area contributed by atoms with Crippen molar-refractivity contribution in [2.75, 3.05) is 13.1 Å². The standard InChI is InChI=1S/C13H19N3O2S/c1-9(2)13(18)15-7-6-14-12(17)5-4-11-8-19-10(3)16-11/h4-5,8-9H,6-7H2,1-3H3,(H,14,17)(H,15,18)/b5-4+. The van der Waals surface area contributed by atoms with E-state index in [9.17, 15) is 9.59 Å². The van der Waals surface area contributed by atoms with E-state index in [2.05, 4.69) is 15.6 Å². The quantitative estimate of drug-likeness (QED) is 0.611. The summed E-state index contributed by atoms with van der Waals surface area (Å²) < 4.78 is 0. The fraction of sp³-hybridized carbons (Fsp3) is 0.462. The maximum Gasteiger partial charge on any atom is 0.244 e. The lowest BCUT2D eigenvalue weighted by Crippen LogP contribution is -2.35. The van der Waals surface area contributed by atoms with Crippen molar-refractivity contribution in [2.24, 2.45) is 5.92 Å². The molecular formula is C13H19N3O2S. The first-order valence-electron chi connectivity index (χ1n) is 6.15. The van der Waals surface area contributed by atoms with Gasteiger partial charge in [0.15, 0.2) is 0 Å². The molecule has 0 bridgehead atoms. The second-order valence-corrected chi connectivity index (χ2v) is 5.42. The highest BCUT2D eigenvalue weighted by Gasteiger charge is 2.04. The summed E-state index contributed by atoms with van der Waals surface area (Å²) in [4.78, 5) is 26.9. The van der Waals surface area contributed by atoms with Gasteiger partial charge in [-0.2, -0.15) is 0 Å². The smallest absolute Gasteiger partial charge is 0.244 e. The minimum atomic E-state index is -0.190. The first-order chi connectivity index (χ1) is 8.99. The Morgan fingerprint density at radius 2 is 2.05 bits per heavy atom. The van der Waals surface area contributed by atoms with E-state index in [1.54, 1.807) is 17.4 Å². The van der Waals surface area contributed by atoms with Crippen molar-refractivity contribution < 1.29 is 9.59 Å². The van der Waals surface area contributed by atoms with Crippen LogP contribution in [-0.4, -0.2) is 29.9 Å². The Morgan fingerprint density at radius 1 is 1.37 bits per heavy atom. The highest BCUT2D eigenvalue weighted by molar-refractivity contribution is 7.09. The van der Waals surface area contributed by atoms with E-state index in [4.69, 9.17) is 0 Å². The van der Waals surface area contributed by atoms with Crippen LogP contribution in [0.25, 0.3) is 6.08 Å². The van der Waals surface area contributed by atoms with Crippen molar-refractivity contribution in [2.45, 2.75) is 20.8 Å². The van der Waals surface area contributed by atoms with E-state index in [1.807, 2.05) is 26.2 Å². The van der Waals surface area contributed by atoms with E-state index in [0.29, 0.717) is 13.1 Å². The van der Waals surface area contributed by atoms with Crippen LogP contribution in [-0.2, 0) is 9.59 Å². The van der Waals surface area contributed by atoms with Crippen molar-refractivity contribution in [3.8, 4) is 0 Å². The van der Waals surface area contributed by atoms with Gasteiger partial charge in [-0.05, 0) is 13.0 Å². The molecule has 0 aliphatic carbocycles. The average molecular weight is 281 g/mol. The molecule has 5 nitrogen and oxygen atoms in total. The number of amides is 2. The van der Waals surface area contributed by atoms with Gasteiger partial charge in [0.1, 0.15) is 0 Å². The molecule has 6 heteroatoms. The summed E-state index contributed by atoms with van der Waals surface area (Å²) in [5.41, 5.74) is 0.783. The average Bonchev–Trinajstić information content (AvgIpc) is 2.77. The zero-order chi connectivity index (χ0) is 14.3. The van der Waals surface area contributed by atoms with Crippen LogP contribution >= 0.6 is 11.3 Å². The predicted molar refractivity (Wildman–Crippen MR) is 76.7 cm³/mol. The Hall–Kier alpha value is -1.69. The number of hydrogen-bond acceptors (Lipinski definition) is 4. The van der Waals surface area contributed by atoms with Gasteiger partial charge in [-0.15, -0.1) is 11.3 Å². The Kier molecular flexibility index (Phi) is 6.21. The van der Waals surface area contributed by atoms with Gasteiger partial charge in [-0.25, -0.2) is 4.98 Å². The normalized spacial score (nSPS) is 10.9. The molecule has 0 saturated carbocycles. The topological polar surface area (TPSA) is 71.1 Å². The summed E-state index contributed by atoms with van der Waals surface area (Å²) in [6, 6.07) is 0. The molecule has 0 radical (unpaired) electrons. The lowest BCUT2D eigenvalue weighted by atomic mass is 10.2. The minimum absolute atomic E-state index is 0.0114. The van der Waals surface area contributed by atoms with Crippen LogP contribution in [0.15, 0.2) is 11.5 Å². The van der Waals surface area contributed by atoms with Gasteiger partial charge in [-0.3, -0.25) is 9.59 Å². The molecule has 0 aromatic carbocycles. The molecule has 1 aromatic rings. The molecule has 2 N–H and O–H groups in total. The molecule has 0 saturated heterocycles. The van der Waals surface area contributed by atoms with E-state index < -0.39 is 0 Å². The summed E-state index contributed by atoms with van der Waals surface area (Å²) >= 11 is 1.54. The highest BCUT2D eigenvalue weighted by Crippen LogP contribution is 2.08. The van der Waals surface area contributed by atoms with Crippen molar-refractivity contribution in [1.29, 1.82) is 0 Å². The number of aromatic nitrogens is 1. The van der Waals surface area contributed by atoms with Crippen LogP contribution in [0.1, 0.15) is 24.5 Å². The van der Waals surface area contributed by atoms with Crippen LogP contribution < -0.4 is 10.6 Å². The third kappa shape index (κ3) is 6.15. The molecule has 1 rings (SSSR count). The highest BCUT2D eigenvalue weighted by atomic mass is 32.1. The summed E-state index contributed by atoms with van der Waals surface area (Å²) in [5, 5.41) is 8.28. The molecule has 0 unspecified atom stereocenters. The second kappa shape index (κ2) is 7.68. The monoisotopic (exact) mass is 281 g/mol. The lowest BCUT2D eigenvalue weighted by molar-refractivity contribution is -0.124. The first kappa shape index (κ1) is 15.4. The summed E-state index contributed by atoms with van der Waals surface area (Å²) in [6.07, 6.45) is 3.12. The third-order valence-electron chi connectivity index (χ3n) is 2.29. The number of nitrogens with one attached hydrogen (secondary N) is 2. The molecule has 1 aromatic heterocycles. The van der Waals surface area contributed by atoms with Crippen LogP contribution in [0, 0.1) is 12.8 Å². The van der Waals surface area contributed by atoms with Gasteiger partial charge in [0.05, 0.1) is 10.7 Å². The Bertz CT molecular complexity index is 466. The van der Waals surface area contributed by atoms with Crippen LogP contribution in [0.4, 0.5) is 0 Å². The van der Waals surface area contributed by atoms with Crippen LogP contribution in [0.5, 0.6) is 0 Å². The molecule has 0 aliphatic heterocycles. The maximum atomic E-state index is 11.5. The zero-order valence-corrected chi connectivity index (χ0v) is 12.2. The van der Waals surface area contributed by atoms with Crippen LogP contribution in [0.3, 0.4) is 0 Å². The molecule has 19 heavy (non-hydrogen) atoms. The molecule has 0 atom stereocenters. The van der Waals surface area contributed by atoms with E-state index in [-0.39, 0.29) is 17.7 Å². The fourth-order valence-electron chi connectivity index (χ4n) is 1.25. The summed E-state index contributed by atoms with van der Waals surface area (Å²) in [6.45, 7) is 6.42. The number of rotatable bonds is 6. The second-order valence-electron chi connectivity index (χ2n) is 4.36. The number of thiazole rings is 1.